The van der Waals surface area contributed by atoms with Gasteiger partial charge >= 0.3 is 23.9 Å². The second kappa shape index (κ2) is 22.2. The summed E-state index contributed by atoms with van der Waals surface area (Å²) in [6.45, 7) is 24.0. The van der Waals surface area contributed by atoms with E-state index in [0.717, 1.165) is 5.56 Å². The van der Waals surface area contributed by atoms with Crippen LogP contribution in [0.3, 0.4) is 0 Å². The van der Waals surface area contributed by atoms with Gasteiger partial charge in [-0.1, -0.05) is 24.3 Å². The highest BCUT2D eigenvalue weighted by atomic mass is 16.6. The lowest BCUT2D eigenvalue weighted by Crippen LogP contribution is -2.43. The standard InChI is InChI=1S/C46H66N6O10/c1-43(2,3)59-39(53)31-50(29-34-15-13-17-37(47-34)41(55)61-45(7,8)9)27-25-49(24-23-33-19-21-36(22-20-33)52(57)58)26-28-51(32-40(54)60-44(4,5)6)30-35-16-14-18-38(48-35)42(56)62-46(10,11)12/h13-22H,23-32H2,1-12H3. The largest absolute Gasteiger partial charge is 0.459 e. The average Bonchev–Trinajstić information content (AvgIpc) is 3.11. The van der Waals surface area contributed by atoms with Gasteiger partial charge in [-0.3, -0.25) is 29.5 Å². The SMILES string of the molecule is CC(C)(C)OC(=O)CN(CCN(CCc1ccc([N+](=O)[O-])cc1)CCN(CC(=O)OC(C)(C)C)Cc1cccc(C(=O)OC(C)(C)C)n1)Cc1cccc(C(=O)OC(C)(C)C)n1. The third-order valence-corrected chi connectivity index (χ3v) is 8.48. The molecule has 340 valence electrons. The second-order valence-electron chi connectivity index (χ2n) is 19.1. The molecule has 0 spiro atoms. The lowest BCUT2D eigenvalue weighted by atomic mass is 10.1. The molecule has 3 rings (SSSR count). The number of benzene rings is 1. The van der Waals surface area contributed by atoms with Crippen LogP contribution < -0.4 is 0 Å². The van der Waals surface area contributed by atoms with Gasteiger partial charge in [0.2, 0.25) is 0 Å². The van der Waals surface area contributed by atoms with Crippen LogP contribution in [0.2, 0.25) is 0 Å². The number of esters is 4. The van der Waals surface area contributed by atoms with Gasteiger partial charge in [-0.25, -0.2) is 19.6 Å². The van der Waals surface area contributed by atoms with Crippen LogP contribution in [0.4, 0.5) is 5.69 Å². The zero-order chi connectivity index (χ0) is 46.5. The van der Waals surface area contributed by atoms with E-state index in [-0.39, 0.29) is 43.3 Å². The minimum atomic E-state index is -0.715. The van der Waals surface area contributed by atoms with Gasteiger partial charge < -0.3 is 23.8 Å². The molecule has 0 saturated heterocycles. The fourth-order valence-electron chi connectivity index (χ4n) is 5.99. The molecule has 0 amide bonds. The first-order valence-electron chi connectivity index (χ1n) is 20.9. The summed E-state index contributed by atoms with van der Waals surface area (Å²) in [5.74, 6) is -1.97. The minimum absolute atomic E-state index is 0.00475. The summed E-state index contributed by atoms with van der Waals surface area (Å²) >= 11 is 0. The highest BCUT2D eigenvalue weighted by molar-refractivity contribution is 5.88. The summed E-state index contributed by atoms with van der Waals surface area (Å²) in [5, 5.41) is 11.3. The number of hydrogen-bond acceptors (Lipinski definition) is 15. The Labute approximate surface area is 366 Å². The van der Waals surface area contributed by atoms with Crippen molar-refractivity contribution in [3.05, 3.63) is 99.1 Å². The van der Waals surface area contributed by atoms with Crippen molar-refractivity contribution in [1.29, 1.82) is 0 Å². The van der Waals surface area contributed by atoms with Crippen molar-refractivity contribution in [3.8, 4) is 0 Å². The molecule has 0 aliphatic rings. The molecule has 0 atom stereocenters. The predicted octanol–water partition coefficient (Wildman–Crippen LogP) is 6.83. The molecule has 2 heterocycles. The topological polar surface area (TPSA) is 184 Å². The number of hydrogen-bond donors (Lipinski definition) is 0. The van der Waals surface area contributed by atoms with Crippen molar-refractivity contribution in [2.24, 2.45) is 0 Å². The predicted molar refractivity (Wildman–Crippen MR) is 234 cm³/mol. The van der Waals surface area contributed by atoms with Gasteiger partial charge in [0.05, 0.1) is 29.4 Å². The van der Waals surface area contributed by atoms with Gasteiger partial charge in [0.15, 0.2) is 0 Å². The summed E-state index contributed by atoms with van der Waals surface area (Å²) in [7, 11) is 0. The molecule has 3 aromatic rings. The van der Waals surface area contributed by atoms with Crippen LogP contribution in [0, 0.1) is 10.1 Å². The van der Waals surface area contributed by atoms with E-state index in [2.05, 4.69) is 14.9 Å². The Kier molecular flexibility index (Phi) is 18.2. The number of nitro benzene ring substituents is 1. The van der Waals surface area contributed by atoms with Crippen molar-refractivity contribution in [2.75, 3.05) is 45.8 Å². The Morgan fingerprint density at radius 1 is 0.532 bits per heavy atom. The lowest BCUT2D eigenvalue weighted by Gasteiger charge is -2.30. The number of nitro groups is 1. The van der Waals surface area contributed by atoms with Crippen LogP contribution in [0.5, 0.6) is 0 Å². The first-order chi connectivity index (χ1) is 28.6. The number of carbonyl (C=O) groups is 4. The molecule has 0 saturated carbocycles. The van der Waals surface area contributed by atoms with Crippen LogP contribution >= 0.6 is 0 Å². The Bertz CT molecular complexity index is 1870. The summed E-state index contributed by atoms with van der Waals surface area (Å²) in [5.41, 5.74) is -0.556. The van der Waals surface area contributed by atoms with E-state index in [1.807, 2.05) is 9.80 Å². The van der Waals surface area contributed by atoms with Gasteiger partial charge in [-0.15, -0.1) is 0 Å². The molecule has 0 radical (unpaired) electrons. The number of carbonyl (C=O) groups excluding carboxylic acids is 4. The molecule has 0 N–H and O–H groups in total. The van der Waals surface area contributed by atoms with E-state index in [1.54, 1.807) is 132 Å². The second-order valence-corrected chi connectivity index (χ2v) is 19.1. The summed E-state index contributed by atoms with van der Waals surface area (Å²) in [6, 6.07) is 16.6. The zero-order valence-corrected chi connectivity index (χ0v) is 38.6. The number of rotatable bonds is 20. The van der Waals surface area contributed by atoms with E-state index in [9.17, 15) is 29.3 Å². The lowest BCUT2D eigenvalue weighted by molar-refractivity contribution is -0.384. The molecule has 62 heavy (non-hydrogen) atoms. The highest BCUT2D eigenvalue weighted by Gasteiger charge is 2.25. The third-order valence-electron chi connectivity index (χ3n) is 8.48. The number of non-ortho nitro benzene ring substituents is 1. The first-order valence-corrected chi connectivity index (χ1v) is 20.9. The Morgan fingerprint density at radius 2 is 0.903 bits per heavy atom. The van der Waals surface area contributed by atoms with Gasteiger partial charge in [-0.05, 0) is 119 Å². The van der Waals surface area contributed by atoms with Crippen LogP contribution in [0.15, 0.2) is 60.7 Å². The Hall–Kier alpha value is -5.32. The smallest absolute Gasteiger partial charge is 0.357 e. The summed E-state index contributed by atoms with van der Waals surface area (Å²) in [4.78, 5) is 78.3. The maximum absolute atomic E-state index is 13.2. The number of nitrogens with zero attached hydrogens (tertiary/aromatic N) is 6. The molecular weight excluding hydrogens is 797 g/mol. The van der Waals surface area contributed by atoms with Crippen molar-refractivity contribution >= 4 is 29.6 Å². The minimum Gasteiger partial charge on any atom is -0.459 e. The maximum atomic E-state index is 13.2. The van der Waals surface area contributed by atoms with Crippen LogP contribution in [-0.2, 0) is 48.0 Å². The van der Waals surface area contributed by atoms with Crippen molar-refractivity contribution < 1.29 is 43.0 Å². The van der Waals surface area contributed by atoms with Gasteiger partial charge in [0.1, 0.15) is 33.8 Å². The molecule has 1 aromatic carbocycles. The number of aromatic nitrogens is 2. The molecule has 0 fully saturated rings. The van der Waals surface area contributed by atoms with E-state index < -0.39 is 51.2 Å². The van der Waals surface area contributed by atoms with Crippen molar-refractivity contribution in [1.82, 2.24) is 24.7 Å². The normalized spacial score (nSPS) is 12.4. The van der Waals surface area contributed by atoms with Crippen LogP contribution in [0.1, 0.15) is 121 Å². The van der Waals surface area contributed by atoms with E-state index >= 15 is 0 Å². The van der Waals surface area contributed by atoms with Crippen molar-refractivity contribution in [3.63, 3.8) is 0 Å². The fourth-order valence-corrected chi connectivity index (χ4v) is 5.99. The molecule has 0 aliphatic carbocycles. The molecule has 0 aliphatic heterocycles. The van der Waals surface area contributed by atoms with Crippen molar-refractivity contribution in [2.45, 2.75) is 125 Å². The van der Waals surface area contributed by atoms with Crippen LogP contribution in [-0.4, -0.2) is 122 Å². The molecule has 16 heteroatoms. The number of ether oxygens (including phenoxy) is 4. The molecule has 16 nitrogen and oxygen atoms in total. The highest BCUT2D eigenvalue weighted by Crippen LogP contribution is 2.17. The van der Waals surface area contributed by atoms with Gasteiger partial charge in [0, 0.05) is 57.9 Å². The van der Waals surface area contributed by atoms with Crippen LogP contribution in [0.25, 0.3) is 0 Å². The first kappa shape index (κ1) is 51.0. The third kappa shape index (κ3) is 20.5. The fraction of sp³-hybridized carbons (Fsp3) is 0.565. The quantitative estimate of drug-likeness (QED) is 0.0498. The van der Waals surface area contributed by atoms with E-state index in [0.29, 0.717) is 50.5 Å². The maximum Gasteiger partial charge on any atom is 0.357 e. The van der Waals surface area contributed by atoms with E-state index in [4.69, 9.17) is 18.9 Å². The molecule has 0 unspecified atom stereocenters. The molecule has 2 aromatic heterocycles. The number of pyridine rings is 2. The van der Waals surface area contributed by atoms with Gasteiger partial charge in [-0.2, -0.15) is 0 Å². The Balaban J connectivity index is 1.93. The monoisotopic (exact) mass is 862 g/mol. The van der Waals surface area contributed by atoms with Gasteiger partial charge in [0.25, 0.3) is 5.69 Å². The molecular formula is C46H66N6O10. The molecule has 0 bridgehead atoms. The van der Waals surface area contributed by atoms with E-state index in [1.165, 1.54) is 12.1 Å². The Morgan fingerprint density at radius 3 is 1.26 bits per heavy atom. The zero-order valence-electron chi connectivity index (χ0n) is 38.6. The summed E-state index contributed by atoms with van der Waals surface area (Å²) < 4.78 is 22.5. The average molecular weight is 863 g/mol. The summed E-state index contributed by atoms with van der Waals surface area (Å²) in [6.07, 6.45) is 0.551.